The maximum atomic E-state index is 13.1. The molecule has 1 nitrogen and oxygen atoms in total. The van der Waals surface area contributed by atoms with Crippen LogP contribution in [-0.4, -0.2) is 6.54 Å². The molecule has 0 aromatic heterocycles. The summed E-state index contributed by atoms with van der Waals surface area (Å²) < 4.78 is 13.1. The van der Waals surface area contributed by atoms with Gasteiger partial charge in [-0.1, -0.05) is 12.1 Å². The maximum Gasteiger partial charge on any atom is 0.126 e. The number of benzene rings is 1. The summed E-state index contributed by atoms with van der Waals surface area (Å²) in [6.07, 6.45) is 5.80. The van der Waals surface area contributed by atoms with Crippen molar-refractivity contribution >= 4 is 0 Å². The summed E-state index contributed by atoms with van der Waals surface area (Å²) in [5, 5.41) is 3.14. The van der Waals surface area contributed by atoms with Crippen molar-refractivity contribution in [1.82, 2.24) is 5.32 Å². The minimum Gasteiger partial charge on any atom is -0.312 e. The van der Waals surface area contributed by atoms with Crippen LogP contribution in [0.3, 0.4) is 0 Å². The summed E-state index contributed by atoms with van der Waals surface area (Å²) in [6, 6.07) is 5.26. The molecule has 1 rings (SSSR count). The molecular weight excluding hydrogens is 177 g/mol. The number of nitrogens with one attached hydrogen (secondary N) is 1. The van der Waals surface area contributed by atoms with Crippen LogP contribution in [0.1, 0.15) is 17.5 Å². The molecule has 0 saturated heterocycles. The van der Waals surface area contributed by atoms with E-state index >= 15 is 0 Å². The fraction of sp³-hybridized carbons (Fsp3) is 0.333. The van der Waals surface area contributed by atoms with Gasteiger partial charge < -0.3 is 5.32 Å². The van der Waals surface area contributed by atoms with E-state index in [4.69, 9.17) is 6.42 Å². The fourth-order valence-corrected chi connectivity index (χ4v) is 1.14. The SMILES string of the molecule is C#CCCNCc1ccc(C)c(F)c1. The van der Waals surface area contributed by atoms with Crippen LogP contribution in [0, 0.1) is 25.1 Å². The molecule has 0 unspecified atom stereocenters. The second kappa shape index (κ2) is 5.41. The highest BCUT2D eigenvalue weighted by molar-refractivity contribution is 5.23. The van der Waals surface area contributed by atoms with Gasteiger partial charge in [0, 0.05) is 19.5 Å². The average molecular weight is 191 g/mol. The Balaban J connectivity index is 2.44. The summed E-state index contributed by atoms with van der Waals surface area (Å²) in [5.41, 5.74) is 1.63. The molecule has 1 N–H and O–H groups in total. The lowest BCUT2D eigenvalue weighted by atomic mass is 10.1. The second-order valence-electron chi connectivity index (χ2n) is 3.21. The lowest BCUT2D eigenvalue weighted by Gasteiger charge is -2.04. The smallest absolute Gasteiger partial charge is 0.126 e. The van der Waals surface area contributed by atoms with Crippen molar-refractivity contribution in [2.45, 2.75) is 19.9 Å². The number of aryl methyl sites for hydroxylation is 1. The Morgan fingerprint density at radius 2 is 2.29 bits per heavy atom. The molecule has 0 saturated carbocycles. The molecule has 2 heteroatoms. The monoisotopic (exact) mass is 191 g/mol. The normalized spacial score (nSPS) is 9.79. The first kappa shape index (κ1) is 10.7. The Morgan fingerprint density at radius 3 is 2.93 bits per heavy atom. The van der Waals surface area contributed by atoms with Crippen LogP contribution in [-0.2, 0) is 6.54 Å². The van der Waals surface area contributed by atoms with Gasteiger partial charge in [-0.3, -0.25) is 0 Å². The Morgan fingerprint density at radius 1 is 1.50 bits per heavy atom. The highest BCUT2D eigenvalue weighted by Crippen LogP contribution is 2.08. The molecule has 1 aromatic carbocycles. The molecule has 0 bridgehead atoms. The summed E-state index contributed by atoms with van der Waals surface area (Å²) in [4.78, 5) is 0. The van der Waals surface area contributed by atoms with Crippen molar-refractivity contribution in [3.63, 3.8) is 0 Å². The molecule has 0 heterocycles. The quantitative estimate of drug-likeness (QED) is 0.568. The van der Waals surface area contributed by atoms with Gasteiger partial charge in [0.05, 0.1) is 0 Å². The standard InChI is InChI=1S/C12H14FN/c1-3-4-7-14-9-11-6-5-10(2)12(13)8-11/h1,5-6,8,14H,4,7,9H2,2H3. The van der Waals surface area contributed by atoms with E-state index in [-0.39, 0.29) is 5.82 Å². The molecule has 14 heavy (non-hydrogen) atoms. The summed E-state index contributed by atoms with van der Waals surface area (Å²) >= 11 is 0. The van der Waals surface area contributed by atoms with Gasteiger partial charge in [0.1, 0.15) is 5.82 Å². The lowest BCUT2D eigenvalue weighted by molar-refractivity contribution is 0.612. The van der Waals surface area contributed by atoms with E-state index in [1.54, 1.807) is 19.1 Å². The van der Waals surface area contributed by atoms with Crippen LogP contribution in [0.5, 0.6) is 0 Å². The van der Waals surface area contributed by atoms with E-state index in [2.05, 4.69) is 11.2 Å². The molecule has 1 aromatic rings. The first-order valence-corrected chi connectivity index (χ1v) is 4.63. The molecular formula is C12H14FN. The van der Waals surface area contributed by atoms with Crippen molar-refractivity contribution in [2.24, 2.45) is 0 Å². The molecule has 0 aliphatic carbocycles. The van der Waals surface area contributed by atoms with Crippen LogP contribution >= 0.6 is 0 Å². The zero-order valence-corrected chi connectivity index (χ0v) is 8.31. The second-order valence-corrected chi connectivity index (χ2v) is 3.21. The van der Waals surface area contributed by atoms with Gasteiger partial charge in [-0.05, 0) is 24.1 Å². The summed E-state index contributed by atoms with van der Waals surface area (Å²) in [5.74, 6) is 2.39. The molecule has 0 fully saturated rings. The third kappa shape index (κ3) is 3.20. The molecule has 0 aliphatic rings. The lowest BCUT2D eigenvalue weighted by Crippen LogP contribution is -2.14. The number of hydrogen-bond acceptors (Lipinski definition) is 1. The first-order chi connectivity index (χ1) is 6.74. The number of hydrogen-bond donors (Lipinski definition) is 1. The van der Waals surface area contributed by atoms with Gasteiger partial charge in [-0.2, -0.15) is 0 Å². The van der Waals surface area contributed by atoms with Gasteiger partial charge in [-0.15, -0.1) is 12.3 Å². The minimum absolute atomic E-state index is 0.152. The van der Waals surface area contributed by atoms with Gasteiger partial charge in [0.2, 0.25) is 0 Å². The van der Waals surface area contributed by atoms with Crippen molar-refractivity contribution in [3.05, 3.63) is 35.1 Å². The maximum absolute atomic E-state index is 13.1. The predicted octanol–water partition coefficient (Wildman–Crippen LogP) is 2.25. The van der Waals surface area contributed by atoms with Crippen LogP contribution in [0.2, 0.25) is 0 Å². The predicted molar refractivity (Wildman–Crippen MR) is 56.3 cm³/mol. The van der Waals surface area contributed by atoms with Crippen LogP contribution < -0.4 is 5.32 Å². The topological polar surface area (TPSA) is 12.0 Å². The van der Waals surface area contributed by atoms with E-state index in [0.717, 1.165) is 12.1 Å². The van der Waals surface area contributed by atoms with E-state index < -0.39 is 0 Å². The average Bonchev–Trinajstić information content (AvgIpc) is 2.18. The van der Waals surface area contributed by atoms with E-state index in [9.17, 15) is 4.39 Å². The zero-order valence-electron chi connectivity index (χ0n) is 8.31. The third-order valence-electron chi connectivity index (χ3n) is 2.01. The summed E-state index contributed by atoms with van der Waals surface area (Å²) in [6.45, 7) is 3.19. The Kier molecular flexibility index (Phi) is 4.15. The van der Waals surface area contributed by atoms with Crippen molar-refractivity contribution in [1.29, 1.82) is 0 Å². The van der Waals surface area contributed by atoms with Crippen LogP contribution in [0.25, 0.3) is 0 Å². The molecule has 0 amide bonds. The highest BCUT2D eigenvalue weighted by atomic mass is 19.1. The van der Waals surface area contributed by atoms with Crippen molar-refractivity contribution in [2.75, 3.05) is 6.54 Å². The van der Waals surface area contributed by atoms with Gasteiger partial charge in [0.15, 0.2) is 0 Å². The zero-order chi connectivity index (χ0) is 10.4. The van der Waals surface area contributed by atoms with Crippen LogP contribution in [0.4, 0.5) is 4.39 Å². The molecule has 0 spiro atoms. The van der Waals surface area contributed by atoms with E-state index in [1.807, 2.05) is 6.07 Å². The van der Waals surface area contributed by atoms with E-state index in [0.29, 0.717) is 18.5 Å². The fourth-order valence-electron chi connectivity index (χ4n) is 1.14. The Bertz CT molecular complexity index is 339. The first-order valence-electron chi connectivity index (χ1n) is 4.63. The minimum atomic E-state index is -0.152. The van der Waals surface area contributed by atoms with Crippen molar-refractivity contribution in [3.8, 4) is 12.3 Å². The molecule has 0 atom stereocenters. The van der Waals surface area contributed by atoms with E-state index in [1.165, 1.54) is 0 Å². The highest BCUT2D eigenvalue weighted by Gasteiger charge is 1.98. The number of terminal acetylenes is 1. The summed E-state index contributed by atoms with van der Waals surface area (Å²) in [7, 11) is 0. The largest absolute Gasteiger partial charge is 0.312 e. The van der Waals surface area contributed by atoms with Gasteiger partial charge in [0.25, 0.3) is 0 Å². The van der Waals surface area contributed by atoms with Gasteiger partial charge in [-0.25, -0.2) is 4.39 Å². The third-order valence-corrected chi connectivity index (χ3v) is 2.01. The molecule has 74 valence electrons. The number of rotatable bonds is 4. The number of halogens is 1. The Labute approximate surface area is 84.3 Å². The van der Waals surface area contributed by atoms with Crippen LogP contribution in [0.15, 0.2) is 18.2 Å². The van der Waals surface area contributed by atoms with Gasteiger partial charge >= 0.3 is 0 Å². The molecule has 0 radical (unpaired) electrons. The van der Waals surface area contributed by atoms with Crippen molar-refractivity contribution < 1.29 is 4.39 Å². The molecule has 0 aliphatic heterocycles. The Hall–Kier alpha value is -1.33.